The van der Waals surface area contributed by atoms with Gasteiger partial charge in [0, 0.05) is 31.3 Å². The molecule has 0 heterocycles. The summed E-state index contributed by atoms with van der Waals surface area (Å²) in [6, 6.07) is 0. The van der Waals surface area contributed by atoms with E-state index in [0.717, 1.165) is 0 Å². The van der Waals surface area contributed by atoms with Crippen LogP contribution < -0.4 is 11.5 Å². The third-order valence-electron chi connectivity index (χ3n) is 2.01. The average molecular weight is 128 g/mol. The number of hydrogen-bond acceptors (Lipinski definition) is 3. The summed E-state index contributed by atoms with van der Waals surface area (Å²) < 4.78 is 0. The van der Waals surface area contributed by atoms with Crippen LogP contribution in [0.4, 0.5) is 0 Å². The molecular weight excluding hydrogens is 116 g/mol. The van der Waals surface area contributed by atoms with Gasteiger partial charge < -0.3 is 11.5 Å². The van der Waals surface area contributed by atoms with Crippen LogP contribution in [-0.4, -0.2) is 18.9 Å². The Labute approximate surface area is 54.4 Å². The van der Waals surface area contributed by atoms with Crippen molar-refractivity contribution in [3.8, 4) is 0 Å². The minimum Gasteiger partial charge on any atom is -0.330 e. The quantitative estimate of drug-likeness (QED) is 0.514. The largest absolute Gasteiger partial charge is 0.330 e. The predicted molar refractivity (Wildman–Crippen MR) is 34.8 cm³/mol. The summed E-state index contributed by atoms with van der Waals surface area (Å²) in [4.78, 5) is 10.5. The van der Waals surface area contributed by atoms with E-state index in [4.69, 9.17) is 11.5 Å². The molecule has 0 unspecified atom stereocenters. The molecule has 52 valence electrons. The molecule has 4 N–H and O–H groups in total. The summed E-state index contributed by atoms with van der Waals surface area (Å²) in [6.45, 7) is 1.10. The normalized spacial score (nSPS) is 23.6. The zero-order chi connectivity index (χ0) is 6.91. The first-order chi connectivity index (χ1) is 4.22. The van der Waals surface area contributed by atoms with E-state index in [2.05, 4.69) is 0 Å². The van der Waals surface area contributed by atoms with E-state index in [1.807, 2.05) is 0 Å². The fourth-order valence-electron chi connectivity index (χ4n) is 1.16. The fourth-order valence-corrected chi connectivity index (χ4v) is 1.16. The molecule has 9 heavy (non-hydrogen) atoms. The number of hydrogen-bond donors (Lipinski definition) is 2. The minimum absolute atomic E-state index is 0.0168. The molecule has 0 amide bonds. The molecule has 1 rings (SSSR count). The lowest BCUT2D eigenvalue weighted by Gasteiger charge is -2.37. The molecule has 1 saturated carbocycles. The zero-order valence-electron chi connectivity index (χ0n) is 5.39. The lowest BCUT2D eigenvalue weighted by molar-refractivity contribution is -0.131. The van der Waals surface area contributed by atoms with Crippen LogP contribution in [0, 0.1) is 5.41 Å². The highest BCUT2D eigenvalue weighted by molar-refractivity contribution is 5.86. The Balaban J connectivity index is 2.44. The van der Waals surface area contributed by atoms with Crippen LogP contribution in [0.15, 0.2) is 0 Å². The SMILES string of the molecule is NCC1(CN)CC(=O)C1. The van der Waals surface area contributed by atoms with Crippen molar-refractivity contribution >= 4 is 5.78 Å². The Kier molecular flexibility index (Phi) is 1.55. The van der Waals surface area contributed by atoms with Crippen molar-refractivity contribution in [1.82, 2.24) is 0 Å². The van der Waals surface area contributed by atoms with E-state index in [-0.39, 0.29) is 5.41 Å². The molecule has 1 fully saturated rings. The molecule has 3 heteroatoms. The molecule has 0 spiro atoms. The number of ketones is 1. The van der Waals surface area contributed by atoms with Gasteiger partial charge in [-0.2, -0.15) is 0 Å². The van der Waals surface area contributed by atoms with E-state index in [9.17, 15) is 4.79 Å². The molecule has 0 bridgehead atoms. The van der Waals surface area contributed by atoms with Crippen LogP contribution in [0.5, 0.6) is 0 Å². The average Bonchev–Trinajstić information content (AvgIpc) is 1.81. The Hall–Kier alpha value is -0.410. The molecule has 3 nitrogen and oxygen atoms in total. The van der Waals surface area contributed by atoms with Gasteiger partial charge in [0.2, 0.25) is 0 Å². The molecule has 0 aromatic carbocycles. The summed E-state index contributed by atoms with van der Waals surface area (Å²) >= 11 is 0. The third-order valence-corrected chi connectivity index (χ3v) is 2.01. The molecule has 1 aliphatic rings. The van der Waals surface area contributed by atoms with Crippen LogP contribution in [0.1, 0.15) is 12.8 Å². The molecule has 1 aliphatic carbocycles. The van der Waals surface area contributed by atoms with Gasteiger partial charge in [-0.05, 0) is 0 Å². The Bertz CT molecular complexity index is 119. The predicted octanol–water partition coefficient (Wildman–Crippen LogP) is -0.747. The van der Waals surface area contributed by atoms with E-state index >= 15 is 0 Å². The van der Waals surface area contributed by atoms with Crippen LogP contribution >= 0.6 is 0 Å². The monoisotopic (exact) mass is 128 g/mol. The maximum atomic E-state index is 10.5. The van der Waals surface area contributed by atoms with E-state index in [0.29, 0.717) is 31.7 Å². The van der Waals surface area contributed by atoms with Gasteiger partial charge in [-0.15, -0.1) is 0 Å². The maximum Gasteiger partial charge on any atom is 0.134 e. The van der Waals surface area contributed by atoms with Gasteiger partial charge in [-0.3, -0.25) is 4.79 Å². The topological polar surface area (TPSA) is 69.1 Å². The Morgan fingerprint density at radius 1 is 1.33 bits per heavy atom. The van der Waals surface area contributed by atoms with Gasteiger partial charge in [0.1, 0.15) is 5.78 Å². The molecule has 0 aromatic heterocycles. The second kappa shape index (κ2) is 2.08. The Morgan fingerprint density at radius 3 is 1.89 bits per heavy atom. The molecule has 0 aliphatic heterocycles. The lowest BCUT2D eigenvalue weighted by atomic mass is 9.68. The second-order valence-electron chi connectivity index (χ2n) is 2.80. The first kappa shape index (κ1) is 6.71. The molecule has 0 aromatic rings. The van der Waals surface area contributed by atoms with Gasteiger partial charge in [0.15, 0.2) is 0 Å². The van der Waals surface area contributed by atoms with Gasteiger partial charge in [0.05, 0.1) is 0 Å². The number of Topliss-reactive ketones (excluding diaryl/α,β-unsaturated/α-hetero) is 1. The number of rotatable bonds is 2. The lowest BCUT2D eigenvalue weighted by Crippen LogP contribution is -2.48. The summed E-state index contributed by atoms with van der Waals surface area (Å²) in [5.41, 5.74) is 10.8. The van der Waals surface area contributed by atoms with Gasteiger partial charge in [0.25, 0.3) is 0 Å². The van der Waals surface area contributed by atoms with Crippen molar-refractivity contribution in [2.75, 3.05) is 13.1 Å². The molecule has 0 atom stereocenters. The summed E-state index contributed by atoms with van der Waals surface area (Å²) in [5, 5.41) is 0. The number of carbonyl (C=O) groups excluding carboxylic acids is 1. The summed E-state index contributed by atoms with van der Waals surface area (Å²) in [6.07, 6.45) is 1.19. The second-order valence-corrected chi connectivity index (χ2v) is 2.80. The summed E-state index contributed by atoms with van der Waals surface area (Å²) in [5.74, 6) is 0.297. The number of nitrogens with two attached hydrogens (primary N) is 2. The van der Waals surface area contributed by atoms with E-state index in [1.54, 1.807) is 0 Å². The van der Waals surface area contributed by atoms with E-state index in [1.165, 1.54) is 0 Å². The zero-order valence-corrected chi connectivity index (χ0v) is 5.39. The highest BCUT2D eigenvalue weighted by atomic mass is 16.1. The minimum atomic E-state index is -0.0168. The first-order valence-corrected chi connectivity index (χ1v) is 3.14. The van der Waals surface area contributed by atoms with Crippen LogP contribution in [0.2, 0.25) is 0 Å². The molecule has 0 saturated heterocycles. The van der Waals surface area contributed by atoms with Gasteiger partial charge in [-0.25, -0.2) is 0 Å². The van der Waals surface area contributed by atoms with Gasteiger partial charge in [-0.1, -0.05) is 0 Å². The fraction of sp³-hybridized carbons (Fsp3) is 0.833. The highest BCUT2D eigenvalue weighted by Crippen LogP contribution is 2.35. The van der Waals surface area contributed by atoms with Crippen molar-refractivity contribution in [2.24, 2.45) is 16.9 Å². The molecular formula is C6H12N2O. The van der Waals surface area contributed by atoms with Crippen LogP contribution in [-0.2, 0) is 4.79 Å². The van der Waals surface area contributed by atoms with Crippen LogP contribution in [0.25, 0.3) is 0 Å². The standard InChI is InChI=1S/C6H12N2O/c7-3-6(4-8)1-5(9)2-6/h1-4,7-8H2. The Morgan fingerprint density at radius 2 is 1.78 bits per heavy atom. The number of carbonyl (C=O) groups is 1. The van der Waals surface area contributed by atoms with Crippen molar-refractivity contribution in [3.05, 3.63) is 0 Å². The van der Waals surface area contributed by atoms with Crippen molar-refractivity contribution in [3.63, 3.8) is 0 Å². The van der Waals surface area contributed by atoms with Crippen molar-refractivity contribution in [2.45, 2.75) is 12.8 Å². The smallest absolute Gasteiger partial charge is 0.134 e. The third kappa shape index (κ3) is 0.976. The van der Waals surface area contributed by atoms with Crippen molar-refractivity contribution in [1.29, 1.82) is 0 Å². The van der Waals surface area contributed by atoms with Crippen LogP contribution in [0.3, 0.4) is 0 Å². The van der Waals surface area contributed by atoms with Gasteiger partial charge >= 0.3 is 0 Å². The molecule has 0 radical (unpaired) electrons. The highest BCUT2D eigenvalue weighted by Gasteiger charge is 2.40. The maximum absolute atomic E-state index is 10.5. The first-order valence-electron chi connectivity index (χ1n) is 3.14. The van der Waals surface area contributed by atoms with Crippen molar-refractivity contribution < 1.29 is 4.79 Å². The summed E-state index contributed by atoms with van der Waals surface area (Å²) in [7, 11) is 0. The van der Waals surface area contributed by atoms with E-state index < -0.39 is 0 Å².